The summed E-state index contributed by atoms with van der Waals surface area (Å²) in [5.74, 6) is 3.32. The average Bonchev–Trinajstić information content (AvgIpc) is 2.83. The maximum absolute atomic E-state index is 5.08. The molecule has 0 bridgehead atoms. The predicted octanol–water partition coefficient (Wildman–Crippen LogP) is 2.25. The van der Waals surface area contributed by atoms with Crippen molar-refractivity contribution in [3.63, 3.8) is 0 Å². The van der Waals surface area contributed by atoms with Crippen LogP contribution in [0.25, 0.3) is 0 Å². The SMILES string of the molecule is COCCNC(=NCc1nnc(C)n1C)NCCCCC(C)C.I. The third-order valence-electron chi connectivity index (χ3n) is 3.66. The molecule has 0 unspecified atom stereocenters. The molecule has 8 heteroatoms. The molecule has 0 spiro atoms. The number of halogens is 1. The highest BCUT2D eigenvalue weighted by Gasteiger charge is 2.05. The van der Waals surface area contributed by atoms with Gasteiger partial charge in [0.1, 0.15) is 12.4 Å². The van der Waals surface area contributed by atoms with E-state index < -0.39 is 0 Å². The number of guanidine groups is 1. The van der Waals surface area contributed by atoms with Gasteiger partial charge in [-0.1, -0.05) is 26.7 Å². The Balaban J connectivity index is 0.00000529. The first-order chi connectivity index (χ1) is 11.0. The Bertz CT molecular complexity index is 475. The van der Waals surface area contributed by atoms with E-state index in [1.165, 1.54) is 12.8 Å². The molecule has 1 aromatic heterocycles. The van der Waals surface area contributed by atoms with Gasteiger partial charge < -0.3 is 19.9 Å². The standard InChI is InChI=1S/C16H32N6O.HI/c1-13(2)8-6-7-9-17-16(18-10-11-23-5)19-12-15-21-20-14(3)22(15)4;/h13H,6-12H2,1-5H3,(H2,17,18,19);1H. The van der Waals surface area contributed by atoms with Crippen LogP contribution in [-0.4, -0.2) is 47.5 Å². The van der Waals surface area contributed by atoms with Crippen molar-refractivity contribution in [3.8, 4) is 0 Å². The first kappa shape index (κ1) is 23.1. The van der Waals surface area contributed by atoms with Gasteiger partial charge in [0, 0.05) is 27.2 Å². The summed E-state index contributed by atoms with van der Waals surface area (Å²) in [5.41, 5.74) is 0. The van der Waals surface area contributed by atoms with Gasteiger partial charge in [-0.3, -0.25) is 0 Å². The molecular formula is C16H33IN6O. The molecule has 24 heavy (non-hydrogen) atoms. The van der Waals surface area contributed by atoms with Gasteiger partial charge in [0.2, 0.25) is 0 Å². The molecule has 0 radical (unpaired) electrons. The molecule has 0 aliphatic carbocycles. The zero-order chi connectivity index (χ0) is 17.1. The minimum atomic E-state index is 0. The van der Waals surface area contributed by atoms with Crippen LogP contribution >= 0.6 is 24.0 Å². The maximum Gasteiger partial charge on any atom is 0.191 e. The number of aromatic nitrogens is 3. The number of aryl methyl sites for hydroxylation is 1. The highest BCUT2D eigenvalue weighted by atomic mass is 127. The lowest BCUT2D eigenvalue weighted by Crippen LogP contribution is -2.39. The van der Waals surface area contributed by atoms with E-state index in [0.29, 0.717) is 13.2 Å². The van der Waals surface area contributed by atoms with E-state index in [1.807, 2.05) is 18.5 Å². The number of nitrogens with one attached hydrogen (secondary N) is 2. The molecule has 0 saturated heterocycles. The van der Waals surface area contributed by atoms with E-state index in [2.05, 4.69) is 39.7 Å². The van der Waals surface area contributed by atoms with Crippen molar-refractivity contribution in [3.05, 3.63) is 11.6 Å². The quantitative estimate of drug-likeness (QED) is 0.247. The Kier molecular flexibility index (Phi) is 12.9. The smallest absolute Gasteiger partial charge is 0.191 e. The normalized spacial score (nSPS) is 11.5. The Labute approximate surface area is 163 Å². The van der Waals surface area contributed by atoms with Crippen molar-refractivity contribution < 1.29 is 4.74 Å². The highest BCUT2D eigenvalue weighted by Crippen LogP contribution is 2.05. The Morgan fingerprint density at radius 2 is 1.92 bits per heavy atom. The second kappa shape index (κ2) is 13.4. The third kappa shape index (κ3) is 9.41. The molecule has 0 saturated carbocycles. The van der Waals surface area contributed by atoms with Crippen LogP contribution in [0, 0.1) is 12.8 Å². The number of nitrogens with zero attached hydrogens (tertiary/aromatic N) is 4. The number of unbranched alkanes of at least 4 members (excludes halogenated alkanes) is 1. The minimum Gasteiger partial charge on any atom is -0.383 e. The number of rotatable bonds is 10. The molecular weight excluding hydrogens is 419 g/mol. The lowest BCUT2D eigenvalue weighted by Gasteiger charge is -2.12. The van der Waals surface area contributed by atoms with Gasteiger partial charge in [0.15, 0.2) is 11.8 Å². The zero-order valence-electron chi connectivity index (χ0n) is 15.6. The van der Waals surface area contributed by atoms with Crippen LogP contribution in [0.3, 0.4) is 0 Å². The van der Waals surface area contributed by atoms with Gasteiger partial charge in [-0.15, -0.1) is 34.2 Å². The van der Waals surface area contributed by atoms with Gasteiger partial charge in [-0.05, 0) is 19.3 Å². The third-order valence-corrected chi connectivity index (χ3v) is 3.66. The second-order valence-electron chi connectivity index (χ2n) is 6.12. The van der Waals surface area contributed by atoms with E-state index in [0.717, 1.165) is 43.0 Å². The summed E-state index contributed by atoms with van der Waals surface area (Å²) < 4.78 is 7.03. The number of aliphatic imine (C=N–C) groups is 1. The fourth-order valence-corrected chi connectivity index (χ4v) is 2.07. The molecule has 1 heterocycles. The zero-order valence-corrected chi connectivity index (χ0v) is 18.0. The fourth-order valence-electron chi connectivity index (χ4n) is 2.07. The topological polar surface area (TPSA) is 76.4 Å². The van der Waals surface area contributed by atoms with Crippen molar-refractivity contribution in [2.24, 2.45) is 18.0 Å². The Hall–Kier alpha value is -0.900. The molecule has 0 aliphatic heterocycles. The van der Waals surface area contributed by atoms with Crippen molar-refractivity contribution in [1.29, 1.82) is 0 Å². The highest BCUT2D eigenvalue weighted by molar-refractivity contribution is 14.0. The van der Waals surface area contributed by atoms with E-state index in [4.69, 9.17) is 4.74 Å². The number of hydrogen-bond acceptors (Lipinski definition) is 4. The van der Waals surface area contributed by atoms with Crippen molar-refractivity contribution in [2.45, 2.75) is 46.6 Å². The Morgan fingerprint density at radius 3 is 2.50 bits per heavy atom. The predicted molar refractivity (Wildman–Crippen MR) is 109 cm³/mol. The van der Waals surface area contributed by atoms with Crippen LogP contribution < -0.4 is 10.6 Å². The summed E-state index contributed by atoms with van der Waals surface area (Å²) in [7, 11) is 3.65. The van der Waals surface area contributed by atoms with E-state index in [-0.39, 0.29) is 24.0 Å². The first-order valence-corrected chi connectivity index (χ1v) is 8.40. The van der Waals surface area contributed by atoms with Crippen LogP contribution in [-0.2, 0) is 18.3 Å². The second-order valence-corrected chi connectivity index (χ2v) is 6.12. The number of methoxy groups -OCH3 is 1. The lowest BCUT2D eigenvalue weighted by molar-refractivity contribution is 0.203. The first-order valence-electron chi connectivity index (χ1n) is 8.40. The molecule has 1 aromatic rings. The summed E-state index contributed by atoms with van der Waals surface area (Å²) in [4.78, 5) is 4.59. The molecule has 1 rings (SSSR count). The van der Waals surface area contributed by atoms with Crippen LogP contribution in [0.4, 0.5) is 0 Å². The molecule has 0 fully saturated rings. The number of ether oxygens (including phenoxy) is 1. The lowest BCUT2D eigenvalue weighted by atomic mass is 10.1. The monoisotopic (exact) mass is 452 g/mol. The summed E-state index contributed by atoms with van der Waals surface area (Å²) in [6.07, 6.45) is 3.65. The van der Waals surface area contributed by atoms with Crippen LogP contribution in [0.1, 0.15) is 44.8 Å². The molecule has 140 valence electrons. The largest absolute Gasteiger partial charge is 0.383 e. The molecule has 0 atom stereocenters. The van der Waals surface area contributed by atoms with Crippen LogP contribution in [0.15, 0.2) is 4.99 Å². The van der Waals surface area contributed by atoms with Gasteiger partial charge in [-0.25, -0.2) is 4.99 Å². The molecule has 0 amide bonds. The van der Waals surface area contributed by atoms with Crippen molar-refractivity contribution >= 4 is 29.9 Å². The summed E-state index contributed by atoms with van der Waals surface area (Å²) in [6.45, 7) is 9.26. The molecule has 0 aliphatic rings. The van der Waals surface area contributed by atoms with Crippen LogP contribution in [0.5, 0.6) is 0 Å². The Morgan fingerprint density at radius 1 is 1.21 bits per heavy atom. The van der Waals surface area contributed by atoms with Crippen LogP contribution in [0.2, 0.25) is 0 Å². The molecule has 7 nitrogen and oxygen atoms in total. The van der Waals surface area contributed by atoms with Crippen molar-refractivity contribution in [1.82, 2.24) is 25.4 Å². The fraction of sp³-hybridized carbons (Fsp3) is 0.812. The number of hydrogen-bond donors (Lipinski definition) is 2. The van der Waals surface area contributed by atoms with E-state index in [1.54, 1.807) is 7.11 Å². The maximum atomic E-state index is 5.08. The molecule has 2 N–H and O–H groups in total. The molecule has 0 aromatic carbocycles. The summed E-state index contributed by atoms with van der Waals surface area (Å²) >= 11 is 0. The summed E-state index contributed by atoms with van der Waals surface area (Å²) in [6, 6.07) is 0. The average molecular weight is 452 g/mol. The van der Waals surface area contributed by atoms with Gasteiger partial charge in [-0.2, -0.15) is 0 Å². The van der Waals surface area contributed by atoms with E-state index >= 15 is 0 Å². The van der Waals surface area contributed by atoms with Gasteiger partial charge in [0.05, 0.1) is 6.61 Å². The summed E-state index contributed by atoms with van der Waals surface area (Å²) in [5, 5.41) is 14.8. The van der Waals surface area contributed by atoms with Crippen molar-refractivity contribution in [2.75, 3.05) is 26.8 Å². The van der Waals surface area contributed by atoms with Gasteiger partial charge in [0.25, 0.3) is 0 Å². The minimum absolute atomic E-state index is 0. The van der Waals surface area contributed by atoms with E-state index in [9.17, 15) is 0 Å². The van der Waals surface area contributed by atoms with Gasteiger partial charge >= 0.3 is 0 Å².